The van der Waals surface area contributed by atoms with Crippen molar-refractivity contribution in [2.45, 2.75) is 25.4 Å². The maximum absolute atomic E-state index is 5.60. The second-order valence-corrected chi connectivity index (χ2v) is 3.79. The average molecular weight is 233 g/mol. The van der Waals surface area contributed by atoms with E-state index in [9.17, 15) is 0 Å². The number of nitrogens with zero attached hydrogens (tertiary/aromatic N) is 6. The lowest BCUT2D eigenvalue weighted by atomic mass is 9.96. The molecule has 2 aromatic heterocycles. The SMILES string of the molecule is Nc1nc(OC2CCC2)nc(-n2cncn2)n1. The Morgan fingerprint density at radius 3 is 2.82 bits per heavy atom. The van der Waals surface area contributed by atoms with Crippen molar-refractivity contribution < 1.29 is 4.74 Å². The molecule has 0 saturated heterocycles. The van der Waals surface area contributed by atoms with E-state index in [1.165, 1.54) is 23.8 Å². The zero-order chi connectivity index (χ0) is 11.7. The summed E-state index contributed by atoms with van der Waals surface area (Å²) in [5, 5.41) is 3.92. The van der Waals surface area contributed by atoms with Crippen LogP contribution in [0.4, 0.5) is 5.95 Å². The van der Waals surface area contributed by atoms with Crippen LogP contribution < -0.4 is 10.5 Å². The van der Waals surface area contributed by atoms with E-state index in [0.717, 1.165) is 12.8 Å². The first-order chi connectivity index (χ1) is 8.31. The fourth-order valence-corrected chi connectivity index (χ4v) is 1.47. The highest BCUT2D eigenvalue weighted by Crippen LogP contribution is 2.23. The van der Waals surface area contributed by atoms with Gasteiger partial charge < -0.3 is 10.5 Å². The second-order valence-electron chi connectivity index (χ2n) is 3.79. The van der Waals surface area contributed by atoms with Gasteiger partial charge in [0.05, 0.1) is 0 Å². The fraction of sp³-hybridized carbons (Fsp3) is 0.444. The highest BCUT2D eigenvalue weighted by atomic mass is 16.5. The lowest BCUT2D eigenvalue weighted by Gasteiger charge is -2.24. The van der Waals surface area contributed by atoms with Gasteiger partial charge in [0.15, 0.2) is 0 Å². The Morgan fingerprint density at radius 2 is 2.18 bits per heavy atom. The zero-order valence-electron chi connectivity index (χ0n) is 9.02. The average Bonchev–Trinajstić information content (AvgIpc) is 2.76. The Kier molecular flexibility index (Phi) is 2.32. The minimum Gasteiger partial charge on any atom is -0.460 e. The highest BCUT2D eigenvalue weighted by molar-refractivity contribution is 5.24. The van der Waals surface area contributed by atoms with Crippen molar-refractivity contribution in [1.29, 1.82) is 0 Å². The predicted molar refractivity (Wildman–Crippen MR) is 57.4 cm³/mol. The molecule has 17 heavy (non-hydrogen) atoms. The van der Waals surface area contributed by atoms with E-state index in [2.05, 4.69) is 25.0 Å². The maximum atomic E-state index is 5.60. The molecule has 8 nitrogen and oxygen atoms in total. The van der Waals surface area contributed by atoms with Gasteiger partial charge in [-0.15, -0.1) is 0 Å². The number of nitrogen functional groups attached to an aromatic ring is 1. The number of nitrogens with two attached hydrogens (primary N) is 1. The first-order valence-electron chi connectivity index (χ1n) is 5.34. The Balaban J connectivity index is 1.89. The van der Waals surface area contributed by atoms with E-state index in [1.807, 2.05) is 0 Å². The third-order valence-corrected chi connectivity index (χ3v) is 2.57. The number of hydrogen-bond acceptors (Lipinski definition) is 7. The zero-order valence-corrected chi connectivity index (χ0v) is 9.02. The van der Waals surface area contributed by atoms with Crippen molar-refractivity contribution in [1.82, 2.24) is 29.7 Å². The number of hydrogen-bond donors (Lipinski definition) is 1. The minimum atomic E-state index is 0.111. The molecule has 1 saturated carbocycles. The molecule has 1 aliphatic carbocycles. The third kappa shape index (κ3) is 2.01. The predicted octanol–water partition coefficient (Wildman–Crippen LogP) is -0.0342. The van der Waals surface area contributed by atoms with E-state index in [4.69, 9.17) is 10.5 Å². The van der Waals surface area contributed by atoms with Crippen LogP contribution in [-0.2, 0) is 0 Å². The molecule has 0 aromatic carbocycles. The smallest absolute Gasteiger partial charge is 0.323 e. The normalized spacial score (nSPS) is 15.5. The van der Waals surface area contributed by atoms with E-state index < -0.39 is 0 Å². The van der Waals surface area contributed by atoms with Gasteiger partial charge in [-0.3, -0.25) is 0 Å². The quantitative estimate of drug-likeness (QED) is 0.793. The van der Waals surface area contributed by atoms with Crippen LogP contribution in [-0.4, -0.2) is 35.8 Å². The van der Waals surface area contributed by atoms with Crippen LogP contribution in [0, 0.1) is 0 Å². The Hall–Kier alpha value is -2.25. The van der Waals surface area contributed by atoms with Crippen LogP contribution in [0.2, 0.25) is 0 Å². The van der Waals surface area contributed by atoms with Gasteiger partial charge in [0.2, 0.25) is 5.95 Å². The van der Waals surface area contributed by atoms with Crippen molar-refractivity contribution >= 4 is 5.95 Å². The van der Waals surface area contributed by atoms with Crippen LogP contribution in [0.1, 0.15) is 19.3 Å². The molecule has 1 fully saturated rings. The van der Waals surface area contributed by atoms with Crippen molar-refractivity contribution in [2.24, 2.45) is 0 Å². The Morgan fingerprint density at radius 1 is 1.29 bits per heavy atom. The first kappa shape index (κ1) is 9.94. The van der Waals surface area contributed by atoms with Gasteiger partial charge in [-0.2, -0.15) is 24.7 Å². The molecule has 0 amide bonds. The van der Waals surface area contributed by atoms with Gasteiger partial charge in [0.1, 0.15) is 18.8 Å². The number of ether oxygens (including phenoxy) is 1. The topological polar surface area (TPSA) is 105 Å². The lowest BCUT2D eigenvalue weighted by Crippen LogP contribution is -2.26. The van der Waals surface area contributed by atoms with Crippen LogP contribution in [0.25, 0.3) is 5.95 Å². The van der Waals surface area contributed by atoms with E-state index >= 15 is 0 Å². The van der Waals surface area contributed by atoms with E-state index in [-0.39, 0.29) is 18.1 Å². The summed E-state index contributed by atoms with van der Waals surface area (Å²) >= 11 is 0. The molecule has 8 heteroatoms. The fourth-order valence-electron chi connectivity index (χ4n) is 1.47. The van der Waals surface area contributed by atoms with Gasteiger partial charge in [0, 0.05) is 0 Å². The molecule has 0 atom stereocenters. The third-order valence-electron chi connectivity index (χ3n) is 2.57. The first-order valence-corrected chi connectivity index (χ1v) is 5.34. The summed E-state index contributed by atoms with van der Waals surface area (Å²) in [6.07, 6.45) is 6.32. The molecule has 0 bridgehead atoms. The number of rotatable bonds is 3. The molecule has 2 heterocycles. The number of anilines is 1. The van der Waals surface area contributed by atoms with Gasteiger partial charge in [-0.25, -0.2) is 4.98 Å². The summed E-state index contributed by atoms with van der Waals surface area (Å²) in [4.78, 5) is 15.9. The van der Waals surface area contributed by atoms with Crippen molar-refractivity contribution in [2.75, 3.05) is 5.73 Å². The molecule has 1 aliphatic rings. The summed E-state index contributed by atoms with van der Waals surface area (Å²) < 4.78 is 6.97. The highest BCUT2D eigenvalue weighted by Gasteiger charge is 2.21. The second kappa shape index (κ2) is 3.96. The summed E-state index contributed by atoms with van der Waals surface area (Å²) in [5.41, 5.74) is 5.60. The molecule has 2 aromatic rings. The molecular weight excluding hydrogens is 222 g/mol. The summed E-state index contributed by atoms with van der Waals surface area (Å²) in [5.74, 6) is 0.421. The van der Waals surface area contributed by atoms with Crippen LogP contribution in [0.3, 0.4) is 0 Å². The van der Waals surface area contributed by atoms with Crippen molar-refractivity contribution in [3.8, 4) is 12.0 Å². The van der Waals surface area contributed by atoms with E-state index in [1.54, 1.807) is 0 Å². The minimum absolute atomic E-state index is 0.111. The molecular formula is C9H11N7O. The van der Waals surface area contributed by atoms with Gasteiger partial charge in [-0.1, -0.05) is 0 Å². The van der Waals surface area contributed by atoms with Gasteiger partial charge in [-0.05, 0) is 19.3 Å². The molecule has 0 spiro atoms. The maximum Gasteiger partial charge on any atom is 0.323 e. The monoisotopic (exact) mass is 233 g/mol. The van der Waals surface area contributed by atoms with E-state index in [0.29, 0.717) is 5.95 Å². The molecule has 2 N–H and O–H groups in total. The molecule has 0 aliphatic heterocycles. The summed E-state index contributed by atoms with van der Waals surface area (Å²) in [6, 6.07) is 0.243. The van der Waals surface area contributed by atoms with Crippen LogP contribution >= 0.6 is 0 Å². The van der Waals surface area contributed by atoms with Crippen molar-refractivity contribution in [3.63, 3.8) is 0 Å². The molecule has 0 radical (unpaired) electrons. The van der Waals surface area contributed by atoms with Gasteiger partial charge in [0.25, 0.3) is 5.95 Å². The summed E-state index contributed by atoms with van der Waals surface area (Å²) in [6.45, 7) is 0. The lowest BCUT2D eigenvalue weighted by molar-refractivity contribution is 0.108. The summed E-state index contributed by atoms with van der Waals surface area (Å²) in [7, 11) is 0. The van der Waals surface area contributed by atoms with Crippen molar-refractivity contribution in [3.05, 3.63) is 12.7 Å². The molecule has 0 unspecified atom stereocenters. The Bertz CT molecular complexity index is 508. The van der Waals surface area contributed by atoms with Crippen LogP contribution in [0.5, 0.6) is 6.01 Å². The Labute approximate surface area is 96.9 Å². The standard InChI is InChI=1S/C9H11N7O/c10-7-13-8(16-5-11-4-12-16)15-9(14-7)17-6-2-1-3-6/h4-6H,1-3H2,(H2,10,13,14,15). The molecule has 88 valence electrons. The van der Waals surface area contributed by atoms with Gasteiger partial charge >= 0.3 is 6.01 Å². The largest absolute Gasteiger partial charge is 0.460 e. The van der Waals surface area contributed by atoms with Crippen LogP contribution in [0.15, 0.2) is 12.7 Å². The molecule has 3 rings (SSSR count). The number of aromatic nitrogens is 6.